The fourth-order valence-corrected chi connectivity index (χ4v) is 5.41. The van der Waals surface area contributed by atoms with Crippen LogP contribution < -0.4 is 5.32 Å². The van der Waals surface area contributed by atoms with Crippen LogP contribution in [0.1, 0.15) is 27.2 Å². The molecule has 0 fully saturated rings. The first-order chi connectivity index (χ1) is 13.5. The molecular weight excluding hydrogens is 392 g/mol. The number of hydrogen-bond acceptors (Lipinski definition) is 6. The minimum atomic E-state index is -0.102. The number of nitrogens with one attached hydrogen (secondary N) is 1. The molecule has 0 spiro atoms. The lowest BCUT2D eigenvalue weighted by molar-refractivity contribution is -0.113. The van der Waals surface area contributed by atoms with Crippen molar-refractivity contribution < 1.29 is 9.59 Å². The molecule has 1 aromatic carbocycles. The fourth-order valence-electron chi connectivity index (χ4n) is 3.29. The van der Waals surface area contributed by atoms with Crippen molar-refractivity contribution in [2.75, 3.05) is 25.2 Å². The summed E-state index contributed by atoms with van der Waals surface area (Å²) >= 11 is 3.19. The van der Waals surface area contributed by atoms with E-state index in [1.54, 1.807) is 56.0 Å². The lowest BCUT2D eigenvalue weighted by Gasteiger charge is -2.11. The molecule has 2 heterocycles. The second-order valence-corrected chi connectivity index (χ2v) is 8.88. The number of aromatic nitrogens is 2. The third-order valence-electron chi connectivity index (χ3n) is 4.63. The number of fused-ring (bicyclic) bond motifs is 3. The number of nitrogens with zero attached hydrogens (tertiary/aromatic N) is 3. The van der Waals surface area contributed by atoms with E-state index in [9.17, 15) is 9.59 Å². The van der Waals surface area contributed by atoms with E-state index in [1.807, 2.05) is 0 Å². The van der Waals surface area contributed by atoms with E-state index in [2.05, 4.69) is 15.3 Å². The highest BCUT2D eigenvalue weighted by molar-refractivity contribution is 8.00. The molecule has 28 heavy (non-hydrogen) atoms. The molecule has 1 N–H and O–H groups in total. The summed E-state index contributed by atoms with van der Waals surface area (Å²) in [4.78, 5) is 37.1. The van der Waals surface area contributed by atoms with Gasteiger partial charge in [0, 0.05) is 35.6 Å². The van der Waals surface area contributed by atoms with Crippen molar-refractivity contribution >= 4 is 50.8 Å². The number of benzene rings is 1. The summed E-state index contributed by atoms with van der Waals surface area (Å²) in [7, 11) is 3.42. The minimum Gasteiger partial charge on any atom is -0.345 e. The molecule has 0 unspecified atom stereocenters. The molecule has 4 rings (SSSR count). The van der Waals surface area contributed by atoms with Crippen LogP contribution >= 0.6 is 23.1 Å². The van der Waals surface area contributed by atoms with E-state index < -0.39 is 0 Å². The first-order valence-electron chi connectivity index (χ1n) is 9.02. The van der Waals surface area contributed by atoms with Crippen LogP contribution in [0.2, 0.25) is 0 Å². The lowest BCUT2D eigenvalue weighted by Crippen LogP contribution is -2.21. The molecule has 0 bridgehead atoms. The predicted molar refractivity (Wildman–Crippen MR) is 113 cm³/mol. The van der Waals surface area contributed by atoms with Gasteiger partial charge in [0.15, 0.2) is 0 Å². The van der Waals surface area contributed by atoms with Crippen LogP contribution in [-0.4, -0.2) is 46.5 Å². The van der Waals surface area contributed by atoms with Gasteiger partial charge < -0.3 is 10.2 Å². The molecule has 0 aliphatic heterocycles. The normalized spacial score (nSPS) is 12.8. The van der Waals surface area contributed by atoms with Crippen LogP contribution in [0.3, 0.4) is 0 Å². The number of rotatable bonds is 5. The van der Waals surface area contributed by atoms with Gasteiger partial charge in [-0.05, 0) is 49.1 Å². The van der Waals surface area contributed by atoms with Gasteiger partial charge in [-0.15, -0.1) is 11.3 Å². The molecule has 0 atom stereocenters. The summed E-state index contributed by atoms with van der Waals surface area (Å²) in [5, 5.41) is 4.89. The van der Waals surface area contributed by atoms with Crippen LogP contribution in [0, 0.1) is 0 Å². The molecular formula is C20H20N4O2S2. The van der Waals surface area contributed by atoms with Crippen LogP contribution in [0.25, 0.3) is 10.2 Å². The van der Waals surface area contributed by atoms with Crippen molar-refractivity contribution in [2.45, 2.75) is 24.3 Å². The van der Waals surface area contributed by atoms with Crippen molar-refractivity contribution in [3.8, 4) is 0 Å². The maximum Gasteiger partial charge on any atom is 0.253 e. The van der Waals surface area contributed by atoms with E-state index in [4.69, 9.17) is 0 Å². The van der Waals surface area contributed by atoms with Gasteiger partial charge in [0.2, 0.25) is 5.91 Å². The Bertz CT molecular complexity index is 1040. The molecule has 6 nitrogen and oxygen atoms in total. The van der Waals surface area contributed by atoms with Crippen LogP contribution in [0.5, 0.6) is 0 Å². The maximum absolute atomic E-state index is 12.4. The standard InChI is InChI=1S/C20H20N4O2S2/c1-24(2)20(26)12-6-8-13(9-7-12)23-16(25)10-27-18-17-14-4-3-5-15(14)28-19(17)22-11-21-18/h6-9,11H,3-5,10H2,1-2H3,(H,23,25). The first kappa shape index (κ1) is 18.9. The fraction of sp³-hybridized carbons (Fsp3) is 0.300. The van der Waals surface area contributed by atoms with Gasteiger partial charge in [-0.25, -0.2) is 9.97 Å². The van der Waals surface area contributed by atoms with Gasteiger partial charge in [0.1, 0.15) is 16.2 Å². The highest BCUT2D eigenvalue weighted by atomic mass is 32.2. The number of aryl methyl sites for hydroxylation is 2. The highest BCUT2D eigenvalue weighted by Crippen LogP contribution is 2.39. The van der Waals surface area contributed by atoms with Gasteiger partial charge in [0.05, 0.1) is 5.75 Å². The zero-order valence-corrected chi connectivity index (χ0v) is 17.3. The average molecular weight is 413 g/mol. The van der Waals surface area contributed by atoms with Crippen molar-refractivity contribution in [3.05, 3.63) is 46.6 Å². The summed E-state index contributed by atoms with van der Waals surface area (Å²) in [6, 6.07) is 6.92. The maximum atomic E-state index is 12.4. The Hall–Kier alpha value is -2.45. The average Bonchev–Trinajstić information content (AvgIpc) is 3.27. The largest absolute Gasteiger partial charge is 0.345 e. The third-order valence-corrected chi connectivity index (χ3v) is 6.82. The molecule has 144 valence electrons. The SMILES string of the molecule is CN(C)C(=O)c1ccc(NC(=O)CSc2ncnc3sc4c(c23)CCC4)cc1. The van der Waals surface area contributed by atoms with Crippen LogP contribution in [0.4, 0.5) is 5.69 Å². The Kier molecular flexibility index (Phi) is 5.32. The summed E-state index contributed by atoms with van der Waals surface area (Å²) in [5.74, 6) is 0.106. The molecule has 0 radical (unpaired) electrons. The number of carbonyl (C=O) groups is 2. The number of thiophene rings is 1. The molecule has 0 saturated heterocycles. The number of thioether (sulfide) groups is 1. The van der Waals surface area contributed by atoms with Crippen molar-refractivity contribution in [1.82, 2.24) is 14.9 Å². The van der Waals surface area contributed by atoms with Gasteiger partial charge in [-0.3, -0.25) is 9.59 Å². The zero-order valence-electron chi connectivity index (χ0n) is 15.7. The highest BCUT2D eigenvalue weighted by Gasteiger charge is 2.21. The Labute approximate surface area is 171 Å². The van der Waals surface area contributed by atoms with Gasteiger partial charge in [0.25, 0.3) is 5.91 Å². The number of amides is 2. The zero-order chi connectivity index (χ0) is 19.7. The minimum absolute atomic E-state index is 0.0653. The number of anilines is 1. The topological polar surface area (TPSA) is 75.2 Å². The molecule has 2 amide bonds. The molecule has 0 saturated carbocycles. The van der Waals surface area contributed by atoms with E-state index in [1.165, 1.54) is 33.5 Å². The summed E-state index contributed by atoms with van der Waals surface area (Å²) in [5.41, 5.74) is 2.63. The molecule has 1 aliphatic carbocycles. The van der Waals surface area contributed by atoms with Gasteiger partial charge in [-0.1, -0.05) is 11.8 Å². The smallest absolute Gasteiger partial charge is 0.253 e. The molecule has 3 aromatic rings. The first-order valence-corrected chi connectivity index (χ1v) is 10.8. The number of carbonyl (C=O) groups excluding carboxylic acids is 2. The van der Waals surface area contributed by atoms with Gasteiger partial charge >= 0.3 is 0 Å². The van der Waals surface area contributed by atoms with Crippen LogP contribution in [-0.2, 0) is 17.6 Å². The Morgan fingerprint density at radius 1 is 1.18 bits per heavy atom. The Balaban J connectivity index is 1.41. The lowest BCUT2D eigenvalue weighted by atomic mass is 10.2. The van der Waals surface area contributed by atoms with E-state index >= 15 is 0 Å². The van der Waals surface area contributed by atoms with Crippen LogP contribution in [0.15, 0.2) is 35.6 Å². The Morgan fingerprint density at radius 3 is 2.71 bits per heavy atom. The summed E-state index contributed by atoms with van der Waals surface area (Å²) in [6.07, 6.45) is 4.95. The molecule has 2 aromatic heterocycles. The Morgan fingerprint density at radius 2 is 1.96 bits per heavy atom. The quantitative estimate of drug-likeness (QED) is 0.512. The van der Waals surface area contributed by atoms with Crippen molar-refractivity contribution in [3.63, 3.8) is 0 Å². The van der Waals surface area contributed by atoms with Crippen molar-refractivity contribution in [2.24, 2.45) is 0 Å². The number of hydrogen-bond donors (Lipinski definition) is 1. The van der Waals surface area contributed by atoms with E-state index in [0.29, 0.717) is 11.3 Å². The van der Waals surface area contributed by atoms with E-state index in [0.717, 1.165) is 28.1 Å². The van der Waals surface area contributed by atoms with Gasteiger partial charge in [-0.2, -0.15) is 0 Å². The second kappa shape index (κ2) is 7.89. The predicted octanol–water partition coefficient (Wildman–Crippen LogP) is 3.61. The van der Waals surface area contributed by atoms with Crippen molar-refractivity contribution in [1.29, 1.82) is 0 Å². The van der Waals surface area contributed by atoms with E-state index in [-0.39, 0.29) is 17.6 Å². The monoisotopic (exact) mass is 412 g/mol. The molecule has 8 heteroatoms. The summed E-state index contributed by atoms with van der Waals surface area (Å²) < 4.78 is 0. The second-order valence-electron chi connectivity index (χ2n) is 6.83. The third kappa shape index (κ3) is 3.74. The molecule has 1 aliphatic rings. The summed E-state index contributed by atoms with van der Waals surface area (Å²) in [6.45, 7) is 0.